The number of primary sulfonamides is 1. The van der Waals surface area contributed by atoms with E-state index in [4.69, 9.17) is 9.88 Å². The van der Waals surface area contributed by atoms with Gasteiger partial charge in [0.05, 0.1) is 17.0 Å². The van der Waals surface area contributed by atoms with Crippen molar-refractivity contribution >= 4 is 21.7 Å². The molecule has 0 spiro atoms. The van der Waals surface area contributed by atoms with Crippen molar-refractivity contribution < 1.29 is 31.1 Å². The Labute approximate surface area is 166 Å². The normalized spacial score (nSPS) is 11.8. The van der Waals surface area contributed by atoms with E-state index in [1.165, 1.54) is 24.3 Å². The molecule has 0 heterocycles. The van der Waals surface area contributed by atoms with E-state index in [1.54, 1.807) is 13.0 Å². The Morgan fingerprint density at radius 3 is 2.52 bits per heavy atom. The van der Waals surface area contributed by atoms with Gasteiger partial charge in [-0.1, -0.05) is 19.1 Å². The number of urea groups is 1. The van der Waals surface area contributed by atoms with Crippen LogP contribution in [0, 0.1) is 0 Å². The molecule has 0 fully saturated rings. The number of hydrogen-bond acceptors (Lipinski definition) is 4. The van der Waals surface area contributed by atoms with Crippen molar-refractivity contribution in [3.8, 4) is 5.75 Å². The zero-order valence-corrected chi connectivity index (χ0v) is 16.2. The molecule has 2 aromatic carbocycles. The molecule has 158 valence electrons. The van der Waals surface area contributed by atoms with E-state index in [1.807, 2.05) is 0 Å². The van der Waals surface area contributed by atoms with Gasteiger partial charge in [0, 0.05) is 5.69 Å². The van der Waals surface area contributed by atoms with Gasteiger partial charge in [0.25, 0.3) is 0 Å². The van der Waals surface area contributed by atoms with Crippen LogP contribution in [0.5, 0.6) is 5.75 Å². The lowest BCUT2D eigenvalue weighted by Gasteiger charge is -2.12. The average molecular weight is 431 g/mol. The highest BCUT2D eigenvalue weighted by atomic mass is 32.2. The number of rotatable bonds is 7. The lowest BCUT2D eigenvalue weighted by molar-refractivity contribution is -0.137. The summed E-state index contributed by atoms with van der Waals surface area (Å²) in [6.45, 7) is 1.72. The fourth-order valence-electron chi connectivity index (χ4n) is 2.46. The van der Waals surface area contributed by atoms with Crippen molar-refractivity contribution in [1.29, 1.82) is 0 Å². The minimum atomic E-state index is -4.47. The van der Waals surface area contributed by atoms with Gasteiger partial charge >= 0.3 is 12.2 Å². The van der Waals surface area contributed by atoms with Crippen LogP contribution in [0.3, 0.4) is 0 Å². The number of hydrogen-bond donors (Lipinski definition) is 3. The first-order valence-electron chi connectivity index (χ1n) is 8.51. The predicted molar refractivity (Wildman–Crippen MR) is 101 cm³/mol. The molecule has 0 saturated carbocycles. The maximum Gasteiger partial charge on any atom is 0.416 e. The molecule has 0 aliphatic heterocycles. The molecule has 0 radical (unpaired) electrons. The third-order valence-electron chi connectivity index (χ3n) is 3.83. The summed E-state index contributed by atoms with van der Waals surface area (Å²) in [6.07, 6.45) is -4.02. The monoisotopic (exact) mass is 431 g/mol. The van der Waals surface area contributed by atoms with E-state index < -0.39 is 27.8 Å². The van der Waals surface area contributed by atoms with Crippen LogP contribution >= 0.6 is 0 Å². The van der Waals surface area contributed by atoms with Crippen LogP contribution in [0.2, 0.25) is 0 Å². The van der Waals surface area contributed by atoms with E-state index in [0.29, 0.717) is 12.0 Å². The summed E-state index contributed by atoms with van der Waals surface area (Å²) in [5.74, 6) is 0.0231. The van der Waals surface area contributed by atoms with Crippen LogP contribution in [0.4, 0.5) is 23.7 Å². The van der Waals surface area contributed by atoms with E-state index in [9.17, 15) is 26.4 Å². The molecule has 4 N–H and O–H groups in total. The first kappa shape index (κ1) is 22.5. The van der Waals surface area contributed by atoms with Crippen LogP contribution in [0.1, 0.15) is 18.1 Å². The number of alkyl halides is 3. The largest absolute Gasteiger partial charge is 0.492 e. The van der Waals surface area contributed by atoms with Crippen molar-refractivity contribution in [2.24, 2.45) is 5.14 Å². The molecule has 2 aromatic rings. The molecule has 2 amide bonds. The number of amides is 2. The number of halogens is 3. The van der Waals surface area contributed by atoms with Crippen LogP contribution in [-0.4, -0.2) is 27.6 Å². The number of ether oxygens (including phenoxy) is 1. The van der Waals surface area contributed by atoms with Crippen molar-refractivity contribution in [3.05, 3.63) is 53.6 Å². The van der Waals surface area contributed by atoms with E-state index in [0.717, 1.165) is 12.1 Å². The summed E-state index contributed by atoms with van der Waals surface area (Å²) >= 11 is 0. The molecular formula is C18H20F3N3O4S. The molecular weight excluding hydrogens is 411 g/mol. The molecule has 11 heteroatoms. The number of nitrogens with one attached hydrogen (secondary N) is 2. The zero-order chi connectivity index (χ0) is 21.7. The third-order valence-corrected chi connectivity index (χ3v) is 4.82. The average Bonchev–Trinajstić information content (AvgIpc) is 2.64. The first-order chi connectivity index (χ1) is 13.5. The van der Waals surface area contributed by atoms with Crippen LogP contribution in [0.25, 0.3) is 0 Å². The lowest BCUT2D eigenvalue weighted by atomic mass is 10.1. The summed E-state index contributed by atoms with van der Waals surface area (Å²) < 4.78 is 66.4. The standard InChI is InChI=1S/C18H20F3N3O4S/c1-2-12-6-7-14(11-16(12)29(22,26)27)24-17(25)23-8-9-28-15-5-3-4-13(10-15)18(19,20)21/h3-7,10-11H,2,8-9H2,1H3,(H2,22,26,27)(H2,23,24,25). The second-order valence-electron chi connectivity index (χ2n) is 5.98. The smallest absolute Gasteiger partial charge is 0.416 e. The van der Waals surface area contributed by atoms with E-state index in [2.05, 4.69) is 10.6 Å². The predicted octanol–water partition coefficient (Wildman–Crippen LogP) is 3.12. The fraction of sp³-hybridized carbons (Fsp3) is 0.278. The fourth-order valence-corrected chi connectivity index (χ4v) is 3.33. The Bertz CT molecular complexity index is 979. The second kappa shape index (κ2) is 9.14. The van der Waals surface area contributed by atoms with Crippen molar-refractivity contribution in [3.63, 3.8) is 0 Å². The molecule has 0 atom stereocenters. The maximum atomic E-state index is 12.7. The van der Waals surface area contributed by atoms with Gasteiger partial charge in [-0.05, 0) is 42.3 Å². The minimum absolute atomic E-state index is 0.0111. The first-order valence-corrected chi connectivity index (χ1v) is 10.1. The quantitative estimate of drug-likeness (QED) is 0.585. The summed E-state index contributed by atoms with van der Waals surface area (Å²) in [5, 5.41) is 10.1. The number of anilines is 1. The van der Waals surface area contributed by atoms with Crippen molar-refractivity contribution in [2.75, 3.05) is 18.5 Å². The van der Waals surface area contributed by atoms with E-state index in [-0.39, 0.29) is 29.5 Å². The lowest BCUT2D eigenvalue weighted by Crippen LogP contribution is -2.32. The molecule has 7 nitrogen and oxygen atoms in total. The molecule has 29 heavy (non-hydrogen) atoms. The summed E-state index contributed by atoms with van der Waals surface area (Å²) in [4.78, 5) is 11.8. The Hall–Kier alpha value is -2.79. The number of carbonyl (C=O) groups is 1. The zero-order valence-electron chi connectivity index (χ0n) is 15.4. The molecule has 2 rings (SSSR count). The molecule has 0 bridgehead atoms. The van der Waals surface area contributed by atoms with Crippen LogP contribution in [0.15, 0.2) is 47.4 Å². The number of benzene rings is 2. The van der Waals surface area contributed by atoms with Crippen molar-refractivity contribution in [2.45, 2.75) is 24.4 Å². The maximum absolute atomic E-state index is 12.7. The van der Waals surface area contributed by atoms with Gasteiger partial charge in [0.2, 0.25) is 10.0 Å². The third kappa shape index (κ3) is 6.64. The summed E-state index contributed by atoms with van der Waals surface area (Å²) in [5.41, 5.74) is -0.0858. The molecule has 0 saturated heterocycles. The minimum Gasteiger partial charge on any atom is -0.492 e. The highest BCUT2D eigenvalue weighted by Gasteiger charge is 2.30. The summed E-state index contributed by atoms with van der Waals surface area (Å²) in [6, 6.07) is 8.09. The Morgan fingerprint density at radius 1 is 1.17 bits per heavy atom. The van der Waals surface area contributed by atoms with Gasteiger partial charge in [-0.25, -0.2) is 18.4 Å². The number of carbonyl (C=O) groups excluding carboxylic acids is 1. The summed E-state index contributed by atoms with van der Waals surface area (Å²) in [7, 11) is -3.94. The van der Waals surface area contributed by atoms with Crippen LogP contribution in [-0.2, 0) is 22.6 Å². The van der Waals surface area contributed by atoms with E-state index >= 15 is 0 Å². The highest BCUT2D eigenvalue weighted by molar-refractivity contribution is 7.89. The van der Waals surface area contributed by atoms with Crippen LogP contribution < -0.4 is 20.5 Å². The van der Waals surface area contributed by atoms with Gasteiger partial charge in [-0.2, -0.15) is 13.2 Å². The van der Waals surface area contributed by atoms with Gasteiger partial charge in [-0.15, -0.1) is 0 Å². The SMILES string of the molecule is CCc1ccc(NC(=O)NCCOc2cccc(C(F)(F)F)c2)cc1S(N)(=O)=O. The second-order valence-corrected chi connectivity index (χ2v) is 7.51. The molecule has 0 unspecified atom stereocenters. The number of aryl methyl sites for hydroxylation is 1. The van der Waals surface area contributed by atoms with Gasteiger partial charge in [0.15, 0.2) is 0 Å². The molecule has 0 aliphatic carbocycles. The van der Waals surface area contributed by atoms with Gasteiger partial charge < -0.3 is 15.4 Å². The topological polar surface area (TPSA) is 111 Å². The Kier molecular flexibility index (Phi) is 7.09. The number of sulfonamides is 1. The highest BCUT2D eigenvalue weighted by Crippen LogP contribution is 2.31. The Morgan fingerprint density at radius 2 is 1.90 bits per heavy atom. The molecule has 0 aromatic heterocycles. The Balaban J connectivity index is 1.88. The van der Waals surface area contributed by atoms with Crippen molar-refractivity contribution in [1.82, 2.24) is 5.32 Å². The van der Waals surface area contributed by atoms with Gasteiger partial charge in [0.1, 0.15) is 12.4 Å². The molecule has 0 aliphatic rings. The number of nitrogens with two attached hydrogens (primary N) is 1. The van der Waals surface area contributed by atoms with Gasteiger partial charge in [-0.3, -0.25) is 0 Å².